The van der Waals surface area contributed by atoms with Crippen molar-refractivity contribution in [2.45, 2.75) is 46.3 Å². The Labute approximate surface area is 101 Å². The van der Waals surface area contributed by atoms with Crippen LogP contribution in [0.3, 0.4) is 0 Å². The Hall–Kier alpha value is -1.36. The number of nitrogens with zero attached hydrogens (tertiary/aromatic N) is 2. The molecule has 1 heterocycles. The van der Waals surface area contributed by atoms with E-state index in [0.29, 0.717) is 19.4 Å². The average molecular weight is 240 g/mol. The molecule has 1 amide bonds. The van der Waals surface area contributed by atoms with Gasteiger partial charge in [-0.25, -0.2) is 0 Å². The first-order valence-corrected chi connectivity index (χ1v) is 5.75. The lowest BCUT2D eigenvalue weighted by Gasteiger charge is -2.17. The molecule has 0 spiro atoms. The highest BCUT2D eigenvalue weighted by Gasteiger charge is 2.15. The molecule has 17 heavy (non-hydrogen) atoms. The summed E-state index contributed by atoms with van der Waals surface area (Å²) < 4.78 is 5.05. The van der Waals surface area contributed by atoms with E-state index in [1.165, 1.54) is 0 Å². The van der Waals surface area contributed by atoms with Gasteiger partial charge in [-0.15, -0.1) is 0 Å². The van der Waals surface area contributed by atoms with Gasteiger partial charge in [0.15, 0.2) is 0 Å². The Morgan fingerprint density at radius 2 is 2.18 bits per heavy atom. The fourth-order valence-electron chi connectivity index (χ4n) is 1.58. The van der Waals surface area contributed by atoms with E-state index >= 15 is 0 Å². The first-order chi connectivity index (χ1) is 7.91. The predicted octanol–water partition coefficient (Wildman–Crippen LogP) is 1.41. The van der Waals surface area contributed by atoms with Crippen molar-refractivity contribution in [3.63, 3.8) is 0 Å². The van der Waals surface area contributed by atoms with Gasteiger partial charge in [-0.3, -0.25) is 4.79 Å². The predicted molar refractivity (Wildman–Crippen MR) is 63.4 cm³/mol. The smallest absolute Gasteiger partial charge is 0.222 e. The highest BCUT2D eigenvalue weighted by molar-refractivity contribution is 5.75. The summed E-state index contributed by atoms with van der Waals surface area (Å²) in [6.07, 6.45) is 0.411. The first-order valence-electron chi connectivity index (χ1n) is 5.75. The summed E-state index contributed by atoms with van der Waals surface area (Å²) in [6.45, 7) is 5.88. The van der Waals surface area contributed by atoms with Crippen molar-refractivity contribution in [2.75, 3.05) is 7.05 Å². The van der Waals surface area contributed by atoms with Crippen LogP contribution in [0, 0.1) is 13.8 Å². The van der Waals surface area contributed by atoms with E-state index in [9.17, 15) is 4.79 Å². The maximum Gasteiger partial charge on any atom is 0.222 e. The molecule has 0 aliphatic rings. The van der Waals surface area contributed by atoms with E-state index in [4.69, 9.17) is 9.63 Å². The van der Waals surface area contributed by atoms with Crippen LogP contribution in [0.25, 0.3) is 0 Å². The molecule has 0 saturated carbocycles. The van der Waals surface area contributed by atoms with Gasteiger partial charge >= 0.3 is 0 Å². The molecule has 96 valence electrons. The average Bonchev–Trinajstić information content (AvgIpc) is 2.57. The van der Waals surface area contributed by atoms with E-state index in [2.05, 4.69) is 5.16 Å². The topological polar surface area (TPSA) is 66.6 Å². The molecule has 1 aromatic rings. The van der Waals surface area contributed by atoms with Crippen molar-refractivity contribution in [3.05, 3.63) is 17.0 Å². The minimum atomic E-state index is -0.439. The van der Waals surface area contributed by atoms with Crippen LogP contribution in [0.4, 0.5) is 0 Å². The normalized spacial score (nSPS) is 12.5. The zero-order chi connectivity index (χ0) is 13.0. The van der Waals surface area contributed by atoms with Gasteiger partial charge in [-0.1, -0.05) is 5.16 Å². The zero-order valence-corrected chi connectivity index (χ0v) is 10.9. The Kier molecular flexibility index (Phi) is 4.69. The summed E-state index contributed by atoms with van der Waals surface area (Å²) in [5.74, 6) is 0.767. The fraction of sp³-hybridized carbons (Fsp3) is 0.667. The maximum atomic E-state index is 11.8. The quantitative estimate of drug-likeness (QED) is 0.845. The van der Waals surface area contributed by atoms with Gasteiger partial charge in [0.1, 0.15) is 5.76 Å². The standard InChI is InChI=1S/C12H20N2O3/c1-8(15)5-6-12(16)14(4)7-11-9(2)13-17-10(11)3/h8,15H,5-7H2,1-4H3. The number of amides is 1. The molecule has 1 aromatic heterocycles. The van der Waals surface area contributed by atoms with Gasteiger partial charge < -0.3 is 14.5 Å². The molecule has 0 fully saturated rings. The lowest BCUT2D eigenvalue weighted by atomic mass is 10.1. The highest BCUT2D eigenvalue weighted by atomic mass is 16.5. The van der Waals surface area contributed by atoms with Crippen LogP contribution in [-0.2, 0) is 11.3 Å². The maximum absolute atomic E-state index is 11.8. The summed E-state index contributed by atoms with van der Waals surface area (Å²) in [7, 11) is 1.75. The number of rotatable bonds is 5. The number of carbonyl (C=O) groups excluding carboxylic acids is 1. The van der Waals surface area contributed by atoms with E-state index in [0.717, 1.165) is 17.0 Å². The Morgan fingerprint density at radius 3 is 2.65 bits per heavy atom. The molecular weight excluding hydrogens is 220 g/mol. The van der Waals surface area contributed by atoms with E-state index in [1.807, 2.05) is 13.8 Å². The summed E-state index contributed by atoms with van der Waals surface area (Å²) in [4.78, 5) is 13.4. The van der Waals surface area contributed by atoms with E-state index < -0.39 is 6.10 Å². The van der Waals surface area contributed by atoms with Crippen molar-refractivity contribution in [1.29, 1.82) is 0 Å². The van der Waals surface area contributed by atoms with Gasteiger partial charge in [-0.05, 0) is 27.2 Å². The molecule has 0 saturated heterocycles. The van der Waals surface area contributed by atoms with Crippen LogP contribution in [-0.4, -0.2) is 34.2 Å². The summed E-state index contributed by atoms with van der Waals surface area (Å²) in [5, 5.41) is 13.0. The lowest BCUT2D eigenvalue weighted by molar-refractivity contribution is -0.131. The van der Waals surface area contributed by atoms with Crippen LogP contribution in [0.1, 0.15) is 36.8 Å². The molecule has 5 heteroatoms. The van der Waals surface area contributed by atoms with Crippen LogP contribution < -0.4 is 0 Å². The van der Waals surface area contributed by atoms with Crippen molar-refractivity contribution in [3.8, 4) is 0 Å². The Balaban J connectivity index is 2.54. The Morgan fingerprint density at radius 1 is 1.53 bits per heavy atom. The SMILES string of the molecule is Cc1noc(C)c1CN(C)C(=O)CCC(C)O. The number of hydrogen-bond acceptors (Lipinski definition) is 4. The minimum Gasteiger partial charge on any atom is -0.393 e. The molecule has 0 aliphatic carbocycles. The summed E-state index contributed by atoms with van der Waals surface area (Å²) in [5.41, 5.74) is 1.77. The van der Waals surface area contributed by atoms with Crippen molar-refractivity contribution in [2.24, 2.45) is 0 Å². The second-order valence-corrected chi connectivity index (χ2v) is 4.44. The third-order valence-corrected chi connectivity index (χ3v) is 2.78. The largest absolute Gasteiger partial charge is 0.393 e. The number of aliphatic hydroxyl groups is 1. The van der Waals surface area contributed by atoms with E-state index in [1.54, 1.807) is 18.9 Å². The molecule has 0 aromatic carbocycles. The molecule has 0 radical (unpaired) electrons. The molecule has 1 atom stereocenters. The number of aromatic nitrogens is 1. The lowest BCUT2D eigenvalue weighted by Crippen LogP contribution is -2.27. The number of aliphatic hydroxyl groups excluding tert-OH is 1. The Bertz CT molecular complexity index is 366. The molecule has 1 unspecified atom stereocenters. The van der Waals surface area contributed by atoms with Gasteiger partial charge in [0.2, 0.25) is 5.91 Å². The van der Waals surface area contributed by atoms with E-state index in [-0.39, 0.29) is 5.91 Å². The number of carbonyl (C=O) groups is 1. The van der Waals surface area contributed by atoms with Crippen molar-refractivity contribution >= 4 is 5.91 Å². The number of aryl methyl sites for hydroxylation is 2. The molecular formula is C12H20N2O3. The van der Waals surface area contributed by atoms with Crippen molar-refractivity contribution in [1.82, 2.24) is 10.1 Å². The van der Waals surface area contributed by atoms with Crippen LogP contribution in [0.5, 0.6) is 0 Å². The van der Waals surface area contributed by atoms with Gasteiger partial charge in [0.25, 0.3) is 0 Å². The second kappa shape index (κ2) is 5.82. The third-order valence-electron chi connectivity index (χ3n) is 2.78. The minimum absolute atomic E-state index is 0.0194. The van der Waals surface area contributed by atoms with Crippen molar-refractivity contribution < 1.29 is 14.4 Å². The van der Waals surface area contributed by atoms with Crippen LogP contribution in [0.2, 0.25) is 0 Å². The zero-order valence-electron chi connectivity index (χ0n) is 10.9. The van der Waals surface area contributed by atoms with Crippen LogP contribution in [0.15, 0.2) is 4.52 Å². The molecule has 5 nitrogen and oxygen atoms in total. The third kappa shape index (κ3) is 3.85. The second-order valence-electron chi connectivity index (χ2n) is 4.44. The number of hydrogen-bond donors (Lipinski definition) is 1. The highest BCUT2D eigenvalue weighted by Crippen LogP contribution is 2.15. The first kappa shape index (κ1) is 13.7. The summed E-state index contributed by atoms with van der Waals surface area (Å²) in [6, 6.07) is 0. The van der Waals surface area contributed by atoms with Gasteiger partial charge in [0.05, 0.1) is 18.3 Å². The molecule has 1 rings (SSSR count). The molecule has 0 aliphatic heterocycles. The summed E-state index contributed by atoms with van der Waals surface area (Å²) >= 11 is 0. The monoisotopic (exact) mass is 240 g/mol. The van der Waals surface area contributed by atoms with Crippen LogP contribution >= 0.6 is 0 Å². The molecule has 0 bridgehead atoms. The van der Waals surface area contributed by atoms with Gasteiger partial charge in [0, 0.05) is 19.0 Å². The molecule has 1 N–H and O–H groups in total. The van der Waals surface area contributed by atoms with Gasteiger partial charge in [-0.2, -0.15) is 0 Å². The fourth-order valence-corrected chi connectivity index (χ4v) is 1.58.